The van der Waals surface area contributed by atoms with Crippen molar-refractivity contribution in [3.8, 4) is 17.2 Å². The third-order valence-electron chi connectivity index (χ3n) is 4.22. The molecule has 0 spiro atoms. The monoisotopic (exact) mass is 341 g/mol. The second-order valence-electron chi connectivity index (χ2n) is 6.30. The number of carbonyl (C=O) groups is 1. The molecule has 2 aromatic carbocycles. The minimum absolute atomic E-state index is 0.0199. The van der Waals surface area contributed by atoms with Crippen LogP contribution in [-0.4, -0.2) is 31.8 Å². The summed E-state index contributed by atoms with van der Waals surface area (Å²) in [4.78, 5) is 12.1. The molecule has 2 aromatic rings. The largest absolute Gasteiger partial charge is 0.486 e. The number of hydrogen-bond acceptors (Lipinski definition) is 4. The van der Waals surface area contributed by atoms with Crippen LogP contribution in [0, 0.1) is 20.8 Å². The molecule has 1 N–H and O–H groups in total. The lowest BCUT2D eigenvalue weighted by Gasteiger charge is -2.26. The van der Waals surface area contributed by atoms with E-state index >= 15 is 0 Å². The van der Waals surface area contributed by atoms with Gasteiger partial charge in [0.15, 0.2) is 18.1 Å². The number of para-hydroxylation sites is 2. The lowest BCUT2D eigenvalue weighted by atomic mass is 10.1. The molecule has 1 aliphatic heterocycles. The van der Waals surface area contributed by atoms with Gasteiger partial charge in [-0.2, -0.15) is 0 Å². The number of benzene rings is 2. The van der Waals surface area contributed by atoms with Crippen LogP contribution in [0.5, 0.6) is 17.2 Å². The van der Waals surface area contributed by atoms with Crippen molar-refractivity contribution in [1.82, 2.24) is 5.32 Å². The van der Waals surface area contributed by atoms with Crippen molar-refractivity contribution in [3.63, 3.8) is 0 Å². The summed E-state index contributed by atoms with van der Waals surface area (Å²) in [6.45, 7) is 6.81. The molecule has 1 atom stereocenters. The van der Waals surface area contributed by atoms with E-state index in [1.807, 2.05) is 51.1 Å². The molecule has 5 nitrogen and oxygen atoms in total. The maximum atomic E-state index is 12.1. The highest BCUT2D eigenvalue weighted by Gasteiger charge is 2.21. The molecule has 0 saturated carbocycles. The number of rotatable bonds is 5. The molecule has 0 aromatic heterocycles. The van der Waals surface area contributed by atoms with E-state index < -0.39 is 0 Å². The van der Waals surface area contributed by atoms with E-state index in [0.717, 1.165) is 28.2 Å². The Hall–Kier alpha value is -2.69. The van der Waals surface area contributed by atoms with Gasteiger partial charge in [0.05, 0.1) is 6.54 Å². The van der Waals surface area contributed by atoms with Crippen LogP contribution in [0.2, 0.25) is 0 Å². The van der Waals surface area contributed by atoms with Crippen molar-refractivity contribution >= 4 is 5.91 Å². The van der Waals surface area contributed by atoms with Gasteiger partial charge in [-0.1, -0.05) is 18.2 Å². The van der Waals surface area contributed by atoms with Gasteiger partial charge in [-0.05, 0) is 55.7 Å². The molecule has 1 amide bonds. The predicted octanol–water partition coefficient (Wildman–Crippen LogP) is 2.95. The van der Waals surface area contributed by atoms with Gasteiger partial charge in [-0.15, -0.1) is 0 Å². The fraction of sp³-hybridized carbons (Fsp3) is 0.350. The molecule has 5 heteroatoms. The number of nitrogens with one attached hydrogen (secondary N) is 1. The van der Waals surface area contributed by atoms with Gasteiger partial charge in [-0.3, -0.25) is 4.79 Å². The first-order valence-corrected chi connectivity index (χ1v) is 8.39. The molecule has 1 aliphatic rings. The summed E-state index contributed by atoms with van der Waals surface area (Å²) in [7, 11) is 0. The van der Waals surface area contributed by atoms with E-state index in [9.17, 15) is 4.79 Å². The fourth-order valence-corrected chi connectivity index (χ4v) is 2.74. The standard InChI is InChI=1S/C20H23NO4/c1-13-8-14(2)15(3)19(9-13)24-12-20(22)21-10-16-11-23-17-6-4-5-7-18(17)25-16/h4-9,16H,10-12H2,1-3H3,(H,21,22). The van der Waals surface area contributed by atoms with E-state index in [0.29, 0.717) is 18.9 Å². The quantitative estimate of drug-likeness (QED) is 0.908. The van der Waals surface area contributed by atoms with E-state index in [1.165, 1.54) is 0 Å². The van der Waals surface area contributed by atoms with Crippen molar-refractivity contribution < 1.29 is 19.0 Å². The zero-order chi connectivity index (χ0) is 17.8. The van der Waals surface area contributed by atoms with Crippen LogP contribution in [0.15, 0.2) is 36.4 Å². The van der Waals surface area contributed by atoms with Crippen LogP contribution in [-0.2, 0) is 4.79 Å². The fourth-order valence-electron chi connectivity index (χ4n) is 2.74. The Morgan fingerprint density at radius 2 is 1.96 bits per heavy atom. The first-order valence-electron chi connectivity index (χ1n) is 8.39. The predicted molar refractivity (Wildman–Crippen MR) is 95.5 cm³/mol. The molecule has 1 unspecified atom stereocenters. The molecule has 0 radical (unpaired) electrons. The average molecular weight is 341 g/mol. The smallest absolute Gasteiger partial charge is 0.258 e. The van der Waals surface area contributed by atoms with E-state index in [2.05, 4.69) is 11.4 Å². The van der Waals surface area contributed by atoms with Crippen LogP contribution < -0.4 is 19.5 Å². The second kappa shape index (κ2) is 7.47. The highest BCUT2D eigenvalue weighted by molar-refractivity contribution is 5.77. The van der Waals surface area contributed by atoms with Crippen LogP contribution >= 0.6 is 0 Å². The van der Waals surface area contributed by atoms with Crippen LogP contribution in [0.25, 0.3) is 0 Å². The van der Waals surface area contributed by atoms with Crippen molar-refractivity contribution in [1.29, 1.82) is 0 Å². The highest BCUT2D eigenvalue weighted by Crippen LogP contribution is 2.30. The van der Waals surface area contributed by atoms with Crippen LogP contribution in [0.1, 0.15) is 16.7 Å². The average Bonchev–Trinajstić information content (AvgIpc) is 2.61. The third kappa shape index (κ3) is 4.24. The summed E-state index contributed by atoms with van der Waals surface area (Å²) in [6, 6.07) is 11.6. The SMILES string of the molecule is Cc1cc(C)c(C)c(OCC(=O)NCC2COc3ccccc3O2)c1. The molecular formula is C20H23NO4. The van der Waals surface area contributed by atoms with Crippen molar-refractivity contribution in [2.24, 2.45) is 0 Å². The number of hydrogen-bond donors (Lipinski definition) is 1. The molecule has 25 heavy (non-hydrogen) atoms. The number of aryl methyl sites for hydroxylation is 2. The summed E-state index contributed by atoms with van der Waals surface area (Å²) < 4.78 is 17.1. The first-order chi connectivity index (χ1) is 12.0. The van der Waals surface area contributed by atoms with Gasteiger partial charge in [0.1, 0.15) is 18.5 Å². The number of ether oxygens (including phenoxy) is 3. The van der Waals surface area contributed by atoms with Gasteiger partial charge in [0.2, 0.25) is 0 Å². The minimum Gasteiger partial charge on any atom is -0.486 e. The Balaban J connectivity index is 1.48. The van der Waals surface area contributed by atoms with Crippen LogP contribution in [0.3, 0.4) is 0 Å². The van der Waals surface area contributed by atoms with Crippen LogP contribution in [0.4, 0.5) is 0 Å². The normalized spacial score (nSPS) is 15.6. The summed E-state index contributed by atoms with van der Waals surface area (Å²) in [5, 5.41) is 2.83. The van der Waals surface area contributed by atoms with Crippen molar-refractivity contribution in [3.05, 3.63) is 53.1 Å². The highest BCUT2D eigenvalue weighted by atomic mass is 16.6. The van der Waals surface area contributed by atoms with E-state index in [1.54, 1.807) is 0 Å². The molecule has 0 fully saturated rings. The van der Waals surface area contributed by atoms with Gasteiger partial charge < -0.3 is 19.5 Å². The van der Waals surface area contributed by atoms with Crippen molar-refractivity contribution in [2.75, 3.05) is 19.8 Å². The Morgan fingerprint density at radius 3 is 2.76 bits per heavy atom. The molecule has 0 bridgehead atoms. The summed E-state index contributed by atoms with van der Waals surface area (Å²) in [6.07, 6.45) is -0.207. The summed E-state index contributed by atoms with van der Waals surface area (Å²) >= 11 is 0. The molecule has 0 saturated heterocycles. The Kier molecular flexibility index (Phi) is 5.12. The zero-order valence-electron chi connectivity index (χ0n) is 14.8. The Morgan fingerprint density at radius 1 is 1.20 bits per heavy atom. The first kappa shape index (κ1) is 17.1. The zero-order valence-corrected chi connectivity index (χ0v) is 14.8. The maximum absolute atomic E-state index is 12.1. The Labute approximate surface area is 147 Å². The van der Waals surface area contributed by atoms with Gasteiger partial charge in [-0.25, -0.2) is 0 Å². The number of carbonyl (C=O) groups excluding carboxylic acids is 1. The second-order valence-corrected chi connectivity index (χ2v) is 6.30. The van der Waals surface area contributed by atoms with Gasteiger partial charge in [0, 0.05) is 0 Å². The van der Waals surface area contributed by atoms with E-state index in [-0.39, 0.29) is 18.6 Å². The lowest BCUT2D eigenvalue weighted by molar-refractivity contribution is -0.123. The van der Waals surface area contributed by atoms with Gasteiger partial charge >= 0.3 is 0 Å². The Bertz CT molecular complexity index is 772. The molecular weight excluding hydrogens is 318 g/mol. The van der Waals surface area contributed by atoms with Crippen molar-refractivity contribution in [2.45, 2.75) is 26.9 Å². The maximum Gasteiger partial charge on any atom is 0.258 e. The molecule has 132 valence electrons. The summed E-state index contributed by atoms with van der Waals surface area (Å²) in [5.74, 6) is 2.01. The van der Waals surface area contributed by atoms with Gasteiger partial charge in [0.25, 0.3) is 5.91 Å². The summed E-state index contributed by atoms with van der Waals surface area (Å²) in [5.41, 5.74) is 3.32. The molecule has 3 rings (SSSR count). The third-order valence-corrected chi connectivity index (χ3v) is 4.22. The molecule has 0 aliphatic carbocycles. The topological polar surface area (TPSA) is 56.8 Å². The molecule has 1 heterocycles. The van der Waals surface area contributed by atoms with E-state index in [4.69, 9.17) is 14.2 Å². The number of fused-ring (bicyclic) bond motifs is 1. The lowest BCUT2D eigenvalue weighted by Crippen LogP contribution is -2.42. The number of amides is 1. The minimum atomic E-state index is -0.207.